The molecule has 2 aromatic rings. The molecule has 2 aromatic carbocycles. The van der Waals surface area contributed by atoms with E-state index in [0.717, 1.165) is 29.7 Å². The molecule has 0 bridgehead atoms. The van der Waals surface area contributed by atoms with Gasteiger partial charge in [0.2, 0.25) is 0 Å². The summed E-state index contributed by atoms with van der Waals surface area (Å²) in [6.45, 7) is 2.86. The maximum atomic E-state index is 12.5. The molecular weight excluding hydrogens is 260 g/mol. The van der Waals surface area contributed by atoms with Crippen LogP contribution in [0.2, 0.25) is 0 Å². The van der Waals surface area contributed by atoms with E-state index in [9.17, 15) is 4.79 Å². The lowest BCUT2D eigenvalue weighted by atomic mass is 10.0. The van der Waals surface area contributed by atoms with Gasteiger partial charge in [-0.1, -0.05) is 48.5 Å². The van der Waals surface area contributed by atoms with Crippen LogP contribution >= 0.6 is 0 Å². The molecule has 0 fully saturated rings. The summed E-state index contributed by atoms with van der Waals surface area (Å²) in [7, 11) is 1.92. The van der Waals surface area contributed by atoms with Crippen molar-refractivity contribution < 1.29 is 4.79 Å². The summed E-state index contributed by atoms with van der Waals surface area (Å²) in [6.07, 6.45) is 0.847. The lowest BCUT2D eigenvalue weighted by molar-refractivity contribution is 0.0939. The molecular formula is C18H22N2O. The Morgan fingerprint density at radius 2 is 1.71 bits per heavy atom. The Bertz CT molecular complexity index is 581. The second-order valence-electron chi connectivity index (χ2n) is 5.12. The number of carbonyl (C=O) groups is 1. The van der Waals surface area contributed by atoms with Crippen LogP contribution in [-0.2, 0) is 6.42 Å². The summed E-state index contributed by atoms with van der Waals surface area (Å²) < 4.78 is 0. The summed E-state index contributed by atoms with van der Waals surface area (Å²) in [5.41, 5.74) is 2.94. The van der Waals surface area contributed by atoms with Crippen molar-refractivity contribution in [2.45, 2.75) is 19.4 Å². The Morgan fingerprint density at radius 1 is 1.05 bits per heavy atom. The fourth-order valence-electron chi connectivity index (χ4n) is 2.32. The average molecular weight is 282 g/mol. The number of hydrogen-bond acceptors (Lipinski definition) is 2. The Kier molecular flexibility index (Phi) is 5.52. The Labute approximate surface area is 126 Å². The van der Waals surface area contributed by atoms with Gasteiger partial charge in [-0.05, 0) is 44.1 Å². The third-order valence-electron chi connectivity index (χ3n) is 3.55. The number of amides is 1. The molecule has 0 aliphatic heterocycles. The van der Waals surface area contributed by atoms with Gasteiger partial charge >= 0.3 is 0 Å². The Balaban J connectivity index is 2.10. The van der Waals surface area contributed by atoms with Gasteiger partial charge in [0, 0.05) is 5.56 Å². The topological polar surface area (TPSA) is 41.1 Å². The molecule has 2 N–H and O–H groups in total. The molecule has 0 heterocycles. The molecule has 0 saturated carbocycles. The first kappa shape index (κ1) is 15.3. The molecule has 21 heavy (non-hydrogen) atoms. The van der Waals surface area contributed by atoms with Crippen molar-refractivity contribution in [3.05, 3.63) is 71.3 Å². The fourth-order valence-corrected chi connectivity index (χ4v) is 2.32. The second-order valence-corrected chi connectivity index (χ2v) is 5.12. The van der Waals surface area contributed by atoms with E-state index in [1.54, 1.807) is 0 Å². The normalized spacial score (nSPS) is 11.9. The van der Waals surface area contributed by atoms with Gasteiger partial charge in [0.1, 0.15) is 0 Å². The first-order valence-electron chi connectivity index (χ1n) is 7.30. The minimum atomic E-state index is -0.0157. The Morgan fingerprint density at radius 3 is 2.43 bits per heavy atom. The lowest BCUT2D eigenvalue weighted by Gasteiger charge is -2.16. The van der Waals surface area contributed by atoms with E-state index in [1.165, 1.54) is 0 Å². The molecule has 1 amide bonds. The van der Waals surface area contributed by atoms with Gasteiger partial charge in [0.25, 0.3) is 5.91 Å². The van der Waals surface area contributed by atoms with Gasteiger partial charge in [-0.15, -0.1) is 0 Å². The summed E-state index contributed by atoms with van der Waals surface area (Å²) in [5.74, 6) is -0.0157. The molecule has 0 aromatic heterocycles. The molecule has 3 heteroatoms. The molecule has 0 unspecified atom stereocenters. The van der Waals surface area contributed by atoms with Crippen LogP contribution in [0.3, 0.4) is 0 Å². The van der Waals surface area contributed by atoms with Crippen molar-refractivity contribution in [3.8, 4) is 0 Å². The Hall–Kier alpha value is -2.13. The molecule has 0 saturated heterocycles. The maximum absolute atomic E-state index is 12.5. The summed E-state index contributed by atoms with van der Waals surface area (Å²) in [6, 6.07) is 17.8. The van der Waals surface area contributed by atoms with Crippen LogP contribution in [0, 0.1) is 0 Å². The number of carbonyl (C=O) groups excluding carboxylic acids is 1. The minimum Gasteiger partial charge on any atom is -0.346 e. The van der Waals surface area contributed by atoms with E-state index in [-0.39, 0.29) is 11.9 Å². The molecule has 0 aliphatic carbocycles. The van der Waals surface area contributed by atoms with Gasteiger partial charge in [-0.25, -0.2) is 0 Å². The van der Waals surface area contributed by atoms with Crippen LogP contribution in [0.15, 0.2) is 54.6 Å². The predicted molar refractivity (Wildman–Crippen MR) is 86.4 cm³/mol. The van der Waals surface area contributed by atoms with Crippen molar-refractivity contribution in [1.29, 1.82) is 0 Å². The van der Waals surface area contributed by atoms with Gasteiger partial charge in [-0.2, -0.15) is 0 Å². The third-order valence-corrected chi connectivity index (χ3v) is 3.55. The quantitative estimate of drug-likeness (QED) is 0.855. The van der Waals surface area contributed by atoms with Crippen LogP contribution in [0.4, 0.5) is 0 Å². The van der Waals surface area contributed by atoms with Crippen LogP contribution < -0.4 is 10.6 Å². The summed E-state index contributed by atoms with van der Waals surface area (Å²) >= 11 is 0. The van der Waals surface area contributed by atoms with E-state index in [2.05, 4.69) is 10.6 Å². The SMILES string of the molecule is CNCCc1ccccc1C(=O)N[C@@H](C)c1ccccc1. The molecule has 0 spiro atoms. The average Bonchev–Trinajstić information content (AvgIpc) is 2.54. The van der Waals surface area contributed by atoms with Crippen molar-refractivity contribution in [3.63, 3.8) is 0 Å². The summed E-state index contributed by atoms with van der Waals surface area (Å²) in [5, 5.41) is 6.19. The van der Waals surface area contributed by atoms with Gasteiger partial charge < -0.3 is 10.6 Å². The number of likely N-dealkylation sites (N-methyl/N-ethyl adjacent to an activating group) is 1. The zero-order valence-corrected chi connectivity index (χ0v) is 12.6. The van der Waals surface area contributed by atoms with Gasteiger partial charge in [-0.3, -0.25) is 4.79 Å². The van der Waals surface area contributed by atoms with E-state index in [4.69, 9.17) is 0 Å². The van der Waals surface area contributed by atoms with Gasteiger partial charge in [0.15, 0.2) is 0 Å². The molecule has 0 radical (unpaired) electrons. The van der Waals surface area contributed by atoms with E-state index in [1.807, 2.05) is 68.6 Å². The van der Waals surface area contributed by atoms with Crippen molar-refractivity contribution in [1.82, 2.24) is 10.6 Å². The molecule has 0 aliphatic rings. The first-order chi connectivity index (χ1) is 10.2. The fraction of sp³-hybridized carbons (Fsp3) is 0.278. The van der Waals surface area contributed by atoms with E-state index in [0.29, 0.717) is 0 Å². The molecule has 3 nitrogen and oxygen atoms in total. The van der Waals surface area contributed by atoms with Crippen LogP contribution in [-0.4, -0.2) is 19.5 Å². The second kappa shape index (κ2) is 7.60. The third kappa shape index (κ3) is 4.17. The zero-order valence-electron chi connectivity index (χ0n) is 12.6. The number of nitrogens with one attached hydrogen (secondary N) is 2. The molecule has 2 rings (SSSR count). The van der Waals surface area contributed by atoms with Crippen molar-refractivity contribution in [2.75, 3.05) is 13.6 Å². The van der Waals surface area contributed by atoms with Crippen molar-refractivity contribution in [2.24, 2.45) is 0 Å². The standard InChI is InChI=1S/C18H22N2O/c1-14(15-8-4-3-5-9-15)20-18(21)17-11-7-6-10-16(17)12-13-19-2/h3-11,14,19H,12-13H2,1-2H3,(H,20,21)/t14-/m0/s1. The van der Waals surface area contributed by atoms with Crippen LogP contribution in [0.5, 0.6) is 0 Å². The monoisotopic (exact) mass is 282 g/mol. The highest BCUT2D eigenvalue weighted by Crippen LogP contribution is 2.14. The smallest absolute Gasteiger partial charge is 0.252 e. The van der Waals surface area contributed by atoms with Gasteiger partial charge in [0.05, 0.1) is 6.04 Å². The molecule has 110 valence electrons. The van der Waals surface area contributed by atoms with E-state index < -0.39 is 0 Å². The highest BCUT2D eigenvalue weighted by Gasteiger charge is 2.14. The largest absolute Gasteiger partial charge is 0.346 e. The summed E-state index contributed by atoms with van der Waals surface area (Å²) in [4.78, 5) is 12.5. The first-order valence-corrected chi connectivity index (χ1v) is 7.30. The maximum Gasteiger partial charge on any atom is 0.252 e. The zero-order chi connectivity index (χ0) is 15.1. The number of hydrogen-bond donors (Lipinski definition) is 2. The van der Waals surface area contributed by atoms with Crippen LogP contribution in [0.25, 0.3) is 0 Å². The molecule has 1 atom stereocenters. The van der Waals surface area contributed by atoms with Crippen molar-refractivity contribution >= 4 is 5.91 Å². The number of rotatable bonds is 6. The lowest BCUT2D eigenvalue weighted by Crippen LogP contribution is -2.28. The predicted octanol–water partition coefficient (Wildman–Crippen LogP) is 2.94. The highest BCUT2D eigenvalue weighted by molar-refractivity contribution is 5.95. The highest BCUT2D eigenvalue weighted by atomic mass is 16.1. The van der Waals surface area contributed by atoms with E-state index >= 15 is 0 Å². The minimum absolute atomic E-state index is 0.00365. The van der Waals surface area contributed by atoms with Crippen LogP contribution in [0.1, 0.15) is 34.5 Å². The number of benzene rings is 2.